The van der Waals surface area contributed by atoms with Gasteiger partial charge in [-0.1, -0.05) is 11.6 Å². The first-order valence-electron chi connectivity index (χ1n) is 3.96. The highest BCUT2D eigenvalue weighted by molar-refractivity contribution is 6.32. The quantitative estimate of drug-likeness (QED) is 0.673. The van der Waals surface area contributed by atoms with Crippen LogP contribution in [0.15, 0.2) is 24.3 Å². The number of H-pyrrole nitrogens is 1. The molecule has 0 amide bonds. The lowest BCUT2D eigenvalue weighted by molar-refractivity contribution is 0.475. The van der Waals surface area contributed by atoms with Crippen LogP contribution in [-0.2, 0) is 0 Å². The highest BCUT2D eigenvalue weighted by Crippen LogP contribution is 2.28. The molecule has 5 heteroatoms. The van der Waals surface area contributed by atoms with Gasteiger partial charge in [-0.15, -0.1) is 0 Å². The number of aromatic nitrogens is 2. The van der Waals surface area contributed by atoms with Crippen molar-refractivity contribution in [3.63, 3.8) is 0 Å². The van der Waals surface area contributed by atoms with Crippen LogP contribution in [0.4, 0.5) is 5.82 Å². The number of halogens is 1. The summed E-state index contributed by atoms with van der Waals surface area (Å²) in [5.74, 6) is 0.479. The third-order valence-corrected chi connectivity index (χ3v) is 2.16. The van der Waals surface area contributed by atoms with Crippen molar-refractivity contribution >= 4 is 17.4 Å². The molecular weight excluding hydrogens is 202 g/mol. The Bertz CT molecular complexity index is 467. The Hall–Kier alpha value is -1.68. The normalized spacial score (nSPS) is 10.4. The summed E-state index contributed by atoms with van der Waals surface area (Å²) >= 11 is 5.75. The van der Waals surface area contributed by atoms with Crippen LogP contribution in [-0.4, -0.2) is 15.3 Å². The number of phenolic OH excluding ortho intramolecular Hbond substituents is 1. The molecule has 1 heterocycles. The lowest BCUT2D eigenvalue weighted by Gasteiger charge is -1.99. The molecule has 0 bridgehead atoms. The minimum absolute atomic E-state index is 0.0582. The molecule has 72 valence electrons. The highest BCUT2D eigenvalue weighted by Gasteiger charge is 2.04. The average Bonchev–Trinajstić information content (AvgIpc) is 2.57. The van der Waals surface area contributed by atoms with Crippen molar-refractivity contribution in [1.82, 2.24) is 10.2 Å². The maximum absolute atomic E-state index is 9.21. The van der Waals surface area contributed by atoms with Gasteiger partial charge in [0.05, 0.1) is 10.7 Å². The number of aromatic amines is 1. The van der Waals surface area contributed by atoms with E-state index in [4.69, 9.17) is 17.3 Å². The number of anilines is 1. The summed E-state index contributed by atoms with van der Waals surface area (Å²) in [6, 6.07) is 6.59. The second-order valence-corrected chi connectivity index (χ2v) is 3.28. The van der Waals surface area contributed by atoms with E-state index in [1.54, 1.807) is 18.2 Å². The van der Waals surface area contributed by atoms with E-state index in [1.807, 2.05) is 0 Å². The number of rotatable bonds is 1. The first-order valence-corrected chi connectivity index (χ1v) is 4.34. The fourth-order valence-corrected chi connectivity index (χ4v) is 1.34. The first kappa shape index (κ1) is 8.90. The Labute approximate surface area is 85.3 Å². The standard InChI is InChI=1S/C9H8ClN3O/c10-6-3-5(1-2-8(6)14)7-4-9(11)13-12-7/h1-4,14H,(H3,11,12,13). The van der Waals surface area contributed by atoms with E-state index in [9.17, 15) is 5.11 Å². The van der Waals surface area contributed by atoms with E-state index in [0.29, 0.717) is 10.8 Å². The number of nitrogens with two attached hydrogens (primary N) is 1. The van der Waals surface area contributed by atoms with Crippen LogP contribution in [0.5, 0.6) is 5.75 Å². The van der Waals surface area contributed by atoms with E-state index in [-0.39, 0.29) is 5.75 Å². The van der Waals surface area contributed by atoms with Gasteiger partial charge < -0.3 is 10.8 Å². The van der Waals surface area contributed by atoms with Crippen molar-refractivity contribution in [2.45, 2.75) is 0 Å². The fourth-order valence-electron chi connectivity index (χ4n) is 1.16. The number of aromatic hydroxyl groups is 1. The molecule has 2 rings (SSSR count). The fraction of sp³-hybridized carbons (Fsp3) is 0. The smallest absolute Gasteiger partial charge is 0.145 e. The third-order valence-electron chi connectivity index (χ3n) is 1.86. The van der Waals surface area contributed by atoms with E-state index >= 15 is 0 Å². The van der Waals surface area contributed by atoms with Crippen molar-refractivity contribution in [1.29, 1.82) is 0 Å². The highest BCUT2D eigenvalue weighted by atomic mass is 35.5. The summed E-state index contributed by atoms with van der Waals surface area (Å²) in [5.41, 5.74) is 7.06. The number of nitrogens with zero attached hydrogens (tertiary/aromatic N) is 1. The van der Waals surface area contributed by atoms with Gasteiger partial charge in [0.2, 0.25) is 0 Å². The number of hydrogen-bond acceptors (Lipinski definition) is 3. The maximum Gasteiger partial charge on any atom is 0.145 e. The Kier molecular flexibility index (Phi) is 2.05. The van der Waals surface area contributed by atoms with E-state index in [0.717, 1.165) is 11.3 Å². The van der Waals surface area contributed by atoms with Crippen LogP contribution in [0.25, 0.3) is 11.3 Å². The largest absolute Gasteiger partial charge is 0.506 e. The second kappa shape index (κ2) is 3.23. The zero-order valence-electron chi connectivity index (χ0n) is 7.16. The summed E-state index contributed by atoms with van der Waals surface area (Å²) in [4.78, 5) is 0. The van der Waals surface area contributed by atoms with Crippen LogP contribution in [0.1, 0.15) is 0 Å². The summed E-state index contributed by atoms with van der Waals surface area (Å²) in [7, 11) is 0. The molecule has 14 heavy (non-hydrogen) atoms. The summed E-state index contributed by atoms with van der Waals surface area (Å²) in [5, 5.41) is 16.1. The molecule has 0 saturated heterocycles. The van der Waals surface area contributed by atoms with Crippen LogP contribution in [0, 0.1) is 0 Å². The predicted octanol–water partition coefficient (Wildman–Crippen LogP) is 2.02. The second-order valence-electron chi connectivity index (χ2n) is 2.87. The van der Waals surface area contributed by atoms with Gasteiger partial charge in [0.1, 0.15) is 11.6 Å². The predicted molar refractivity (Wildman–Crippen MR) is 55.1 cm³/mol. The molecule has 0 aliphatic heterocycles. The molecule has 2 aromatic rings. The minimum Gasteiger partial charge on any atom is -0.506 e. The van der Waals surface area contributed by atoms with E-state index in [2.05, 4.69) is 10.2 Å². The van der Waals surface area contributed by atoms with Crippen molar-refractivity contribution in [2.75, 3.05) is 5.73 Å². The molecule has 0 unspecified atom stereocenters. The molecule has 0 atom stereocenters. The minimum atomic E-state index is 0.0582. The maximum atomic E-state index is 9.21. The number of nitrogens with one attached hydrogen (secondary N) is 1. The summed E-state index contributed by atoms with van der Waals surface area (Å²) in [6.45, 7) is 0. The number of benzene rings is 1. The number of phenols is 1. The Balaban J connectivity index is 2.47. The average molecular weight is 210 g/mol. The van der Waals surface area contributed by atoms with E-state index in [1.165, 1.54) is 6.07 Å². The van der Waals surface area contributed by atoms with Gasteiger partial charge in [-0.3, -0.25) is 5.10 Å². The Morgan fingerprint density at radius 3 is 2.71 bits per heavy atom. The molecule has 0 saturated carbocycles. The van der Waals surface area contributed by atoms with Gasteiger partial charge in [-0.25, -0.2) is 0 Å². The van der Waals surface area contributed by atoms with Crippen LogP contribution in [0.3, 0.4) is 0 Å². The zero-order chi connectivity index (χ0) is 10.1. The van der Waals surface area contributed by atoms with Crippen molar-refractivity contribution in [3.8, 4) is 17.0 Å². The van der Waals surface area contributed by atoms with Crippen LogP contribution >= 0.6 is 11.6 Å². The van der Waals surface area contributed by atoms with Gasteiger partial charge in [-0.2, -0.15) is 5.10 Å². The molecule has 0 radical (unpaired) electrons. The van der Waals surface area contributed by atoms with Crippen molar-refractivity contribution < 1.29 is 5.11 Å². The molecule has 1 aromatic carbocycles. The lowest BCUT2D eigenvalue weighted by Crippen LogP contribution is -1.81. The Morgan fingerprint density at radius 1 is 1.36 bits per heavy atom. The van der Waals surface area contributed by atoms with Crippen molar-refractivity contribution in [3.05, 3.63) is 29.3 Å². The molecular formula is C9H8ClN3O. The monoisotopic (exact) mass is 209 g/mol. The SMILES string of the molecule is Nc1cc(-c2ccc(O)c(Cl)c2)[nH]n1. The van der Waals surface area contributed by atoms with Gasteiger partial charge in [0.15, 0.2) is 0 Å². The molecule has 1 aromatic heterocycles. The van der Waals surface area contributed by atoms with Crippen LogP contribution < -0.4 is 5.73 Å². The van der Waals surface area contributed by atoms with Gasteiger partial charge in [0.25, 0.3) is 0 Å². The Morgan fingerprint density at radius 2 is 2.14 bits per heavy atom. The molecule has 4 N–H and O–H groups in total. The van der Waals surface area contributed by atoms with Crippen molar-refractivity contribution in [2.24, 2.45) is 0 Å². The molecule has 0 fully saturated rings. The van der Waals surface area contributed by atoms with Crippen LogP contribution in [0.2, 0.25) is 5.02 Å². The van der Waals surface area contributed by atoms with Gasteiger partial charge in [-0.05, 0) is 18.2 Å². The molecule has 0 aliphatic rings. The number of hydrogen-bond donors (Lipinski definition) is 3. The van der Waals surface area contributed by atoms with Gasteiger partial charge >= 0.3 is 0 Å². The van der Waals surface area contributed by atoms with Gasteiger partial charge in [0, 0.05) is 11.6 Å². The molecule has 0 spiro atoms. The summed E-state index contributed by atoms with van der Waals surface area (Å²) < 4.78 is 0. The zero-order valence-corrected chi connectivity index (χ0v) is 7.92. The molecule has 4 nitrogen and oxygen atoms in total. The lowest BCUT2D eigenvalue weighted by atomic mass is 10.1. The number of nitrogen functional groups attached to an aromatic ring is 1. The van der Waals surface area contributed by atoms with E-state index < -0.39 is 0 Å². The first-order chi connectivity index (χ1) is 6.66. The third kappa shape index (κ3) is 1.52. The summed E-state index contributed by atoms with van der Waals surface area (Å²) in [6.07, 6.45) is 0. The topological polar surface area (TPSA) is 74.9 Å². The molecule has 0 aliphatic carbocycles.